The van der Waals surface area contributed by atoms with Gasteiger partial charge in [-0.1, -0.05) is 30.0 Å². The number of para-hydroxylation sites is 1. The Morgan fingerprint density at radius 1 is 1.12 bits per heavy atom. The van der Waals surface area contributed by atoms with Gasteiger partial charge in [0.2, 0.25) is 0 Å². The van der Waals surface area contributed by atoms with E-state index in [1.165, 1.54) is 12.8 Å². The molecule has 1 aliphatic carbocycles. The number of benzene rings is 1. The normalized spacial score (nSPS) is 17.1. The summed E-state index contributed by atoms with van der Waals surface area (Å²) in [5.74, 6) is 0.769. The molecular weight excluding hydrogens is 444 g/mol. The summed E-state index contributed by atoms with van der Waals surface area (Å²) in [6.45, 7) is 6.09. The van der Waals surface area contributed by atoms with Crippen molar-refractivity contribution in [1.82, 2.24) is 19.4 Å². The molecule has 2 aliphatic rings. The maximum absolute atomic E-state index is 13.5. The molecule has 2 aromatic heterocycles. The van der Waals surface area contributed by atoms with Gasteiger partial charge in [-0.2, -0.15) is 5.10 Å². The molecule has 0 bridgehead atoms. The maximum Gasteiger partial charge on any atom is 0.295 e. The molecule has 1 fully saturated rings. The Morgan fingerprint density at radius 3 is 2.47 bits per heavy atom. The van der Waals surface area contributed by atoms with E-state index in [-0.39, 0.29) is 18.0 Å². The number of hydrogen-bond donors (Lipinski definition) is 1. The van der Waals surface area contributed by atoms with Gasteiger partial charge in [0.05, 0.1) is 23.1 Å². The largest absolute Gasteiger partial charge is 0.311 e. The predicted molar refractivity (Wildman–Crippen MR) is 134 cm³/mol. The van der Waals surface area contributed by atoms with E-state index < -0.39 is 0 Å². The number of aromatic nitrogens is 3. The van der Waals surface area contributed by atoms with Crippen LogP contribution in [0.4, 0.5) is 0 Å². The molecule has 0 saturated heterocycles. The first-order valence-electron chi connectivity index (χ1n) is 10.5. The van der Waals surface area contributed by atoms with Crippen LogP contribution in [0.15, 0.2) is 51.3 Å². The van der Waals surface area contributed by atoms with Crippen LogP contribution in [0.1, 0.15) is 35.5 Å². The number of nitrogens with zero attached hydrogens (tertiary/aromatic N) is 5. The van der Waals surface area contributed by atoms with E-state index in [1.54, 1.807) is 16.4 Å². The summed E-state index contributed by atoms with van der Waals surface area (Å²) in [6.07, 6.45) is 2.36. The molecule has 168 valence electrons. The molecule has 0 unspecified atom stereocenters. The summed E-state index contributed by atoms with van der Waals surface area (Å²) in [5, 5.41) is 5.51. The minimum atomic E-state index is -0.0310. The van der Waals surface area contributed by atoms with Crippen molar-refractivity contribution >= 4 is 35.0 Å². The van der Waals surface area contributed by atoms with Crippen LogP contribution in [0.3, 0.4) is 0 Å². The van der Waals surface area contributed by atoms with Gasteiger partial charge in [0.1, 0.15) is 5.69 Å². The molecule has 7 nitrogen and oxygen atoms in total. The zero-order valence-corrected chi connectivity index (χ0v) is 20.3. The van der Waals surface area contributed by atoms with Crippen molar-refractivity contribution in [2.75, 3.05) is 5.75 Å². The van der Waals surface area contributed by atoms with Crippen LogP contribution in [0.5, 0.6) is 0 Å². The maximum atomic E-state index is 13.5. The Hall–Kier alpha value is -2.71. The lowest BCUT2D eigenvalue weighted by Gasteiger charge is -2.15. The molecular formula is C23H27ClN6OS. The lowest BCUT2D eigenvalue weighted by atomic mass is 10.1. The van der Waals surface area contributed by atoms with Crippen LogP contribution >= 0.6 is 24.2 Å². The summed E-state index contributed by atoms with van der Waals surface area (Å²) >= 11 is 1.69. The van der Waals surface area contributed by atoms with Gasteiger partial charge < -0.3 is 4.57 Å². The number of hydrazone groups is 1. The number of hydrogen-bond acceptors (Lipinski definition) is 4. The molecule has 9 heteroatoms. The zero-order chi connectivity index (χ0) is 21.7. The van der Waals surface area contributed by atoms with Gasteiger partial charge in [-0.15, -0.1) is 12.4 Å². The molecule has 1 saturated carbocycles. The van der Waals surface area contributed by atoms with Crippen LogP contribution in [-0.4, -0.2) is 36.6 Å². The van der Waals surface area contributed by atoms with Crippen molar-refractivity contribution in [2.45, 2.75) is 39.7 Å². The SMILES string of the molecule is Cc1cc(C2=NNC(=NC3CC3)SC2)c(C)n1-c1c(C)n(C)n(-c2ccccc2)c1=O.Cl. The number of aryl methyl sites for hydroxylation is 1. The average Bonchev–Trinajstić information content (AvgIpc) is 3.50. The van der Waals surface area contributed by atoms with E-state index in [4.69, 9.17) is 0 Å². The second-order valence-electron chi connectivity index (χ2n) is 8.15. The molecule has 0 amide bonds. The smallest absolute Gasteiger partial charge is 0.295 e. The highest BCUT2D eigenvalue weighted by atomic mass is 35.5. The Kier molecular flexibility index (Phi) is 6.09. The third-order valence-corrected chi connectivity index (χ3v) is 6.86. The van der Waals surface area contributed by atoms with Gasteiger partial charge in [0.25, 0.3) is 5.56 Å². The molecule has 1 aromatic carbocycles. The van der Waals surface area contributed by atoms with E-state index in [9.17, 15) is 4.79 Å². The Balaban J connectivity index is 0.00000245. The quantitative estimate of drug-likeness (QED) is 0.629. The predicted octanol–water partition coefficient (Wildman–Crippen LogP) is 3.87. The number of thioether (sulfide) groups is 1. The van der Waals surface area contributed by atoms with Crippen LogP contribution in [0, 0.1) is 20.8 Å². The third kappa shape index (κ3) is 3.82. The highest BCUT2D eigenvalue weighted by Gasteiger charge is 2.26. The van der Waals surface area contributed by atoms with Crippen molar-refractivity contribution in [2.24, 2.45) is 17.1 Å². The fraction of sp³-hybridized carbons (Fsp3) is 0.348. The fourth-order valence-electron chi connectivity index (χ4n) is 4.10. The van der Waals surface area contributed by atoms with Gasteiger partial charge in [-0.25, -0.2) is 4.68 Å². The van der Waals surface area contributed by atoms with E-state index in [0.29, 0.717) is 11.7 Å². The summed E-state index contributed by atoms with van der Waals surface area (Å²) in [7, 11) is 1.93. The van der Waals surface area contributed by atoms with E-state index in [0.717, 1.165) is 45.0 Å². The van der Waals surface area contributed by atoms with Crippen molar-refractivity contribution < 1.29 is 0 Å². The molecule has 3 heterocycles. The van der Waals surface area contributed by atoms with Gasteiger partial charge in [0.15, 0.2) is 5.17 Å². The van der Waals surface area contributed by atoms with E-state index in [1.807, 2.05) is 55.9 Å². The Labute approximate surface area is 197 Å². The summed E-state index contributed by atoms with van der Waals surface area (Å²) < 4.78 is 5.70. The first kappa shape index (κ1) is 22.5. The molecule has 1 aliphatic heterocycles. The highest BCUT2D eigenvalue weighted by Crippen LogP contribution is 2.27. The minimum absolute atomic E-state index is 0. The number of amidine groups is 1. The molecule has 1 N–H and O–H groups in total. The lowest BCUT2D eigenvalue weighted by Crippen LogP contribution is -2.26. The molecule has 32 heavy (non-hydrogen) atoms. The Morgan fingerprint density at radius 2 is 1.84 bits per heavy atom. The number of aliphatic imine (C=N–C) groups is 1. The summed E-state index contributed by atoms with van der Waals surface area (Å²) in [6, 6.07) is 12.3. The standard InChI is InChI=1S/C23H26N6OS.ClH/c1-14-12-19(20-13-31-23(26-25-20)24-17-10-11-17)15(2)28(14)21-16(3)27(4)29(22(21)30)18-8-6-5-7-9-18;/h5-9,12,17H,10-11,13H2,1-4H3,(H,24,26);1H. The van der Waals surface area contributed by atoms with Crippen molar-refractivity contribution in [3.63, 3.8) is 0 Å². The first-order chi connectivity index (χ1) is 15.0. The fourth-order valence-corrected chi connectivity index (χ4v) is 4.93. The molecule has 0 radical (unpaired) electrons. The third-order valence-electron chi connectivity index (χ3n) is 5.97. The van der Waals surface area contributed by atoms with Crippen LogP contribution < -0.4 is 11.0 Å². The van der Waals surface area contributed by atoms with Crippen molar-refractivity contribution in [3.8, 4) is 11.4 Å². The average molecular weight is 471 g/mol. The molecule has 5 rings (SSSR count). The number of nitrogens with one attached hydrogen (secondary N) is 1. The van der Waals surface area contributed by atoms with Crippen molar-refractivity contribution in [3.05, 3.63) is 69.4 Å². The number of rotatable bonds is 4. The molecule has 0 spiro atoms. The second-order valence-corrected chi connectivity index (χ2v) is 9.12. The molecule has 0 atom stereocenters. The van der Waals surface area contributed by atoms with Crippen molar-refractivity contribution in [1.29, 1.82) is 0 Å². The number of halogens is 1. The molecule has 3 aromatic rings. The minimum Gasteiger partial charge on any atom is -0.311 e. The van der Waals surface area contributed by atoms with E-state index in [2.05, 4.69) is 33.1 Å². The summed E-state index contributed by atoms with van der Waals surface area (Å²) in [4.78, 5) is 18.2. The van der Waals surface area contributed by atoms with Gasteiger partial charge in [0, 0.05) is 29.8 Å². The first-order valence-corrected chi connectivity index (χ1v) is 11.5. The van der Waals surface area contributed by atoms with Gasteiger partial charge in [-0.05, 0) is 51.8 Å². The zero-order valence-electron chi connectivity index (χ0n) is 18.6. The second kappa shape index (κ2) is 8.67. The monoisotopic (exact) mass is 470 g/mol. The van der Waals surface area contributed by atoms with Gasteiger partial charge >= 0.3 is 0 Å². The van der Waals surface area contributed by atoms with Gasteiger partial charge in [-0.3, -0.25) is 19.9 Å². The highest BCUT2D eigenvalue weighted by molar-refractivity contribution is 8.14. The Bertz CT molecular complexity index is 1280. The van der Waals surface area contributed by atoms with E-state index >= 15 is 0 Å². The summed E-state index contributed by atoms with van der Waals surface area (Å²) in [5.41, 5.74) is 9.62. The van der Waals surface area contributed by atoms with Crippen LogP contribution in [-0.2, 0) is 7.05 Å². The van der Waals surface area contributed by atoms with Crippen LogP contribution in [0.2, 0.25) is 0 Å². The lowest BCUT2D eigenvalue weighted by molar-refractivity contribution is 0.630. The van der Waals surface area contributed by atoms with Crippen LogP contribution in [0.25, 0.3) is 11.4 Å². The topological polar surface area (TPSA) is 68.6 Å².